The molecule has 7 heteroatoms. The van der Waals surface area contributed by atoms with Gasteiger partial charge in [0.25, 0.3) is 0 Å². The Morgan fingerprint density at radius 1 is 0.558 bits per heavy atom. The molecular weight excluding hydrogens is 530 g/mol. The van der Waals surface area contributed by atoms with Gasteiger partial charge in [0.15, 0.2) is 0 Å². The molecule has 0 spiro atoms. The second-order valence-electron chi connectivity index (χ2n) is 12.8. The van der Waals surface area contributed by atoms with Crippen LogP contribution in [0, 0.1) is 22.7 Å². The fraction of sp³-hybridized carbons (Fsp3) is 0.222. The van der Waals surface area contributed by atoms with E-state index in [1.165, 1.54) is 21.9 Å². The zero-order valence-corrected chi connectivity index (χ0v) is 25.1. The van der Waals surface area contributed by atoms with Gasteiger partial charge < -0.3 is 4.57 Å². The lowest BCUT2D eigenvalue weighted by molar-refractivity contribution is 0.591. The van der Waals surface area contributed by atoms with Crippen molar-refractivity contribution in [1.82, 2.24) is 24.5 Å². The van der Waals surface area contributed by atoms with Gasteiger partial charge in [-0.3, -0.25) is 0 Å². The highest BCUT2D eigenvalue weighted by atomic mass is 15.0. The molecule has 7 nitrogen and oxygen atoms in total. The molecule has 0 bridgehead atoms. The quantitative estimate of drug-likeness (QED) is 0.217. The fourth-order valence-electron chi connectivity index (χ4n) is 5.41. The van der Waals surface area contributed by atoms with Crippen LogP contribution in [0.2, 0.25) is 0 Å². The van der Waals surface area contributed by atoms with Gasteiger partial charge >= 0.3 is 0 Å². The predicted octanol–water partition coefficient (Wildman–Crippen LogP) is 8.04. The second kappa shape index (κ2) is 10.2. The third-order valence-corrected chi connectivity index (χ3v) is 7.88. The van der Waals surface area contributed by atoms with Gasteiger partial charge in [0.1, 0.15) is 12.1 Å². The van der Waals surface area contributed by atoms with E-state index in [0.29, 0.717) is 0 Å². The first-order valence-electron chi connectivity index (χ1n) is 14.2. The van der Waals surface area contributed by atoms with Crippen LogP contribution in [0.1, 0.15) is 64.3 Å². The maximum Gasteiger partial charge on any atom is 0.232 e. The zero-order chi connectivity index (χ0) is 30.5. The van der Waals surface area contributed by atoms with Crippen molar-refractivity contribution in [1.29, 1.82) is 10.5 Å². The molecule has 0 aliphatic rings. The monoisotopic (exact) mass is 561 g/mol. The third-order valence-electron chi connectivity index (χ3n) is 7.88. The largest absolute Gasteiger partial charge is 0.309 e. The van der Waals surface area contributed by atoms with Gasteiger partial charge in [-0.05, 0) is 51.8 Å². The molecule has 0 atom stereocenters. The lowest BCUT2D eigenvalue weighted by Crippen LogP contribution is -2.11. The minimum absolute atomic E-state index is 0.0325. The third kappa shape index (κ3) is 5.00. The van der Waals surface area contributed by atoms with Gasteiger partial charge in [-0.1, -0.05) is 71.9 Å². The Labute approximate surface area is 251 Å². The lowest BCUT2D eigenvalue weighted by atomic mass is 9.86. The van der Waals surface area contributed by atoms with Crippen LogP contribution in [0.15, 0.2) is 79.4 Å². The summed E-state index contributed by atoms with van der Waals surface area (Å²) >= 11 is 0. The van der Waals surface area contributed by atoms with Crippen molar-refractivity contribution < 1.29 is 0 Å². The Kier molecular flexibility index (Phi) is 6.55. The maximum absolute atomic E-state index is 9.34. The molecule has 0 saturated heterocycles. The first-order chi connectivity index (χ1) is 20.5. The van der Waals surface area contributed by atoms with Gasteiger partial charge in [-0.25, -0.2) is 19.9 Å². The highest BCUT2D eigenvalue weighted by Crippen LogP contribution is 2.40. The topological polar surface area (TPSA) is 104 Å². The van der Waals surface area contributed by atoms with Crippen molar-refractivity contribution in [2.45, 2.75) is 52.4 Å². The average Bonchev–Trinajstić information content (AvgIpc) is 3.33. The van der Waals surface area contributed by atoms with Gasteiger partial charge in [0.2, 0.25) is 11.6 Å². The van der Waals surface area contributed by atoms with Crippen LogP contribution >= 0.6 is 0 Å². The van der Waals surface area contributed by atoms with E-state index in [1.807, 2.05) is 18.2 Å². The molecule has 0 unspecified atom stereocenters. The highest BCUT2D eigenvalue weighted by Gasteiger charge is 2.22. The molecule has 43 heavy (non-hydrogen) atoms. The molecule has 6 rings (SSSR count). The van der Waals surface area contributed by atoms with E-state index in [9.17, 15) is 10.5 Å². The van der Waals surface area contributed by atoms with Crippen LogP contribution in [0.25, 0.3) is 49.7 Å². The smallest absolute Gasteiger partial charge is 0.232 e. The van der Waals surface area contributed by atoms with Gasteiger partial charge in [-0.2, -0.15) is 10.5 Å². The van der Waals surface area contributed by atoms with E-state index in [-0.39, 0.29) is 22.5 Å². The SMILES string of the molecule is CC(C)(C)c1ccc2c3ccc(C(C)(C)C)cc3n(-c3ccc(-c4cnc(C#N)nc4)cc3-c3cnc(C#N)nc3)c2c1. The van der Waals surface area contributed by atoms with Crippen molar-refractivity contribution in [3.05, 3.63) is 102 Å². The van der Waals surface area contributed by atoms with E-state index in [2.05, 4.69) is 115 Å². The van der Waals surface area contributed by atoms with E-state index < -0.39 is 0 Å². The summed E-state index contributed by atoms with van der Waals surface area (Å²) in [6.45, 7) is 13.4. The summed E-state index contributed by atoms with van der Waals surface area (Å²) in [7, 11) is 0. The molecular formula is C36H31N7. The van der Waals surface area contributed by atoms with Gasteiger partial charge in [0.05, 0.1) is 16.7 Å². The van der Waals surface area contributed by atoms with E-state index in [0.717, 1.165) is 39.0 Å². The molecule has 6 aromatic rings. The van der Waals surface area contributed by atoms with Crippen LogP contribution in [0.5, 0.6) is 0 Å². The minimum Gasteiger partial charge on any atom is -0.309 e. The van der Waals surface area contributed by atoms with Gasteiger partial charge in [-0.15, -0.1) is 0 Å². The summed E-state index contributed by atoms with van der Waals surface area (Å²) < 4.78 is 2.34. The summed E-state index contributed by atoms with van der Waals surface area (Å²) in [5.74, 6) is 0.235. The number of benzene rings is 3. The maximum atomic E-state index is 9.34. The second-order valence-corrected chi connectivity index (χ2v) is 12.8. The summed E-state index contributed by atoms with van der Waals surface area (Å²) in [5, 5.41) is 20.9. The number of rotatable bonds is 3. The molecule has 3 heterocycles. The van der Waals surface area contributed by atoms with E-state index in [1.54, 1.807) is 24.8 Å². The Balaban J connectivity index is 1.71. The van der Waals surface area contributed by atoms with Crippen molar-refractivity contribution in [2.24, 2.45) is 0 Å². The molecule has 3 aromatic carbocycles. The van der Waals surface area contributed by atoms with Crippen molar-refractivity contribution >= 4 is 21.8 Å². The summed E-state index contributed by atoms with van der Waals surface area (Å²) in [6, 6.07) is 23.7. The molecule has 0 fully saturated rings. The number of aromatic nitrogens is 5. The molecule has 0 N–H and O–H groups in total. The molecule has 0 saturated carbocycles. The average molecular weight is 562 g/mol. The Morgan fingerprint density at radius 2 is 1.02 bits per heavy atom. The molecule has 0 amide bonds. The first kappa shape index (κ1) is 27.8. The van der Waals surface area contributed by atoms with Crippen molar-refractivity contribution in [3.8, 4) is 40.1 Å². The molecule has 0 aliphatic heterocycles. The summed E-state index contributed by atoms with van der Waals surface area (Å²) in [5.41, 5.74) is 8.95. The standard InChI is InChI=1S/C36H31N7/c1-35(2,3)25-8-10-27-28-11-9-26(36(4,5)6)15-32(28)43(31(27)14-25)30-12-7-22(23-18-39-33(16-37)40-19-23)13-29(30)24-20-41-34(17-38)42-21-24/h7-15,18-21H,1-6H3. The predicted molar refractivity (Wildman–Crippen MR) is 170 cm³/mol. The Hall–Kier alpha value is -5.40. The number of hydrogen-bond donors (Lipinski definition) is 0. The van der Waals surface area contributed by atoms with Crippen LogP contribution in [0.4, 0.5) is 0 Å². The molecule has 0 radical (unpaired) electrons. The number of nitrogens with zero attached hydrogens (tertiary/aromatic N) is 7. The Bertz CT molecular complexity index is 2020. The normalized spacial score (nSPS) is 11.9. The Morgan fingerprint density at radius 3 is 1.47 bits per heavy atom. The molecule has 210 valence electrons. The fourth-order valence-corrected chi connectivity index (χ4v) is 5.41. The number of hydrogen-bond acceptors (Lipinski definition) is 6. The highest BCUT2D eigenvalue weighted by molar-refractivity contribution is 6.10. The van der Waals surface area contributed by atoms with Crippen LogP contribution < -0.4 is 0 Å². The lowest BCUT2D eigenvalue weighted by Gasteiger charge is -2.21. The number of fused-ring (bicyclic) bond motifs is 3. The molecule has 0 aliphatic carbocycles. The van der Waals surface area contributed by atoms with E-state index in [4.69, 9.17) is 0 Å². The number of nitriles is 2. The van der Waals surface area contributed by atoms with Crippen molar-refractivity contribution in [2.75, 3.05) is 0 Å². The summed E-state index contributed by atoms with van der Waals surface area (Å²) in [6.07, 6.45) is 6.70. The van der Waals surface area contributed by atoms with Crippen LogP contribution in [0.3, 0.4) is 0 Å². The van der Waals surface area contributed by atoms with Crippen LogP contribution in [-0.2, 0) is 10.8 Å². The van der Waals surface area contributed by atoms with Crippen LogP contribution in [-0.4, -0.2) is 24.5 Å². The zero-order valence-electron chi connectivity index (χ0n) is 25.1. The molecule has 3 aromatic heterocycles. The first-order valence-corrected chi connectivity index (χ1v) is 14.2. The summed E-state index contributed by atoms with van der Waals surface area (Å²) in [4.78, 5) is 17.0. The minimum atomic E-state index is -0.0325. The van der Waals surface area contributed by atoms with E-state index >= 15 is 0 Å². The van der Waals surface area contributed by atoms with Crippen molar-refractivity contribution in [3.63, 3.8) is 0 Å². The van der Waals surface area contributed by atoms with Gasteiger partial charge in [0, 0.05) is 52.3 Å².